The lowest BCUT2D eigenvalue weighted by Gasteiger charge is -2.24. The van der Waals surface area contributed by atoms with Crippen molar-refractivity contribution in [1.82, 2.24) is 0 Å². The molecule has 0 saturated carbocycles. The van der Waals surface area contributed by atoms with Gasteiger partial charge in [-0.05, 0) is 83.5 Å². The van der Waals surface area contributed by atoms with Gasteiger partial charge in [0.05, 0.1) is 33.9 Å². The van der Waals surface area contributed by atoms with Crippen molar-refractivity contribution in [1.29, 1.82) is 0 Å². The van der Waals surface area contributed by atoms with Crippen molar-refractivity contribution < 1.29 is 47.2 Å². The third-order valence-corrected chi connectivity index (χ3v) is 9.38. The maximum atomic E-state index is 12.7. The molecule has 59 heavy (non-hydrogen) atoms. The van der Waals surface area contributed by atoms with E-state index in [9.17, 15) is 24.2 Å². The van der Waals surface area contributed by atoms with Crippen molar-refractivity contribution in [2.24, 2.45) is 0 Å². The predicted octanol–water partition coefficient (Wildman–Crippen LogP) is 11.3. The lowest BCUT2D eigenvalue weighted by molar-refractivity contribution is -0.870. The van der Waals surface area contributed by atoms with E-state index < -0.39 is 38.6 Å². The van der Waals surface area contributed by atoms with Gasteiger partial charge in [0.25, 0.3) is 0 Å². The first kappa shape index (κ1) is 55.6. The van der Waals surface area contributed by atoms with Crippen LogP contribution in [0, 0.1) is 0 Å². The first-order valence-electron chi connectivity index (χ1n) is 21.7. The summed E-state index contributed by atoms with van der Waals surface area (Å²) in [6.07, 6.45) is 48.9. The molecule has 0 fully saturated rings. The van der Waals surface area contributed by atoms with Crippen LogP contribution in [0.4, 0.5) is 0 Å². The largest absolute Gasteiger partial charge is 0.472 e. The number of phosphoric ester groups is 1. The lowest BCUT2D eigenvalue weighted by atomic mass is 10.1. The standard InChI is InChI=1S/C48H78NO9P/c1-6-8-10-12-14-16-18-20-21-22-23-25-27-29-31-33-35-39-47(51)55-43-46(44-57-59(53,54)56-42-41-49(3,4)5)58-48(52)40-36-38-45(50)37-34-32-30-28-26-24-19-17-15-13-11-9-7-2/h9,11,14-17,20-21,23-26,29-32,34,37,45-46,50H,6-8,10,12-13,18-19,22,27-28,33,35-36,38-44H2,1-5H3/p+1/b11-9-,16-14-,17-15-,21-20-,25-23-,26-24-,31-29-,32-30-,37-34+/t45?,46-/m1/s1. The number of unbranched alkanes of at least 4 members (excludes halogenated alkanes) is 4. The number of nitrogens with zero attached hydrogens (tertiary/aromatic N) is 1. The molecule has 2 unspecified atom stereocenters. The summed E-state index contributed by atoms with van der Waals surface area (Å²) < 4.78 is 34.0. The average Bonchev–Trinajstić information content (AvgIpc) is 3.18. The average molecular weight is 845 g/mol. The monoisotopic (exact) mass is 845 g/mol. The molecule has 11 heteroatoms. The van der Waals surface area contributed by atoms with Crippen LogP contribution in [0.1, 0.15) is 123 Å². The molecule has 0 aromatic carbocycles. The van der Waals surface area contributed by atoms with Crippen LogP contribution in [0.3, 0.4) is 0 Å². The molecular weight excluding hydrogens is 766 g/mol. The zero-order valence-corrected chi connectivity index (χ0v) is 37.9. The smallest absolute Gasteiger partial charge is 0.462 e. The molecule has 0 heterocycles. The van der Waals surface area contributed by atoms with Crippen molar-refractivity contribution >= 4 is 19.8 Å². The fourth-order valence-electron chi connectivity index (χ4n) is 4.97. The normalized spacial score (nSPS) is 15.2. The highest BCUT2D eigenvalue weighted by molar-refractivity contribution is 7.47. The van der Waals surface area contributed by atoms with E-state index in [1.54, 1.807) is 12.2 Å². The van der Waals surface area contributed by atoms with E-state index in [2.05, 4.69) is 92.8 Å². The Morgan fingerprint density at radius 1 is 0.627 bits per heavy atom. The van der Waals surface area contributed by atoms with E-state index in [0.29, 0.717) is 36.7 Å². The Balaban J connectivity index is 4.69. The number of rotatable bonds is 37. The van der Waals surface area contributed by atoms with E-state index in [1.165, 1.54) is 19.3 Å². The van der Waals surface area contributed by atoms with E-state index in [4.69, 9.17) is 18.5 Å². The van der Waals surface area contributed by atoms with Crippen LogP contribution in [0.5, 0.6) is 0 Å². The van der Waals surface area contributed by atoms with Crippen LogP contribution >= 0.6 is 7.82 Å². The number of quaternary nitrogens is 1. The second-order valence-corrected chi connectivity index (χ2v) is 16.6. The number of ether oxygens (including phenoxy) is 2. The molecule has 3 atom stereocenters. The van der Waals surface area contributed by atoms with E-state index in [-0.39, 0.29) is 26.1 Å². The molecule has 2 N–H and O–H groups in total. The third-order valence-electron chi connectivity index (χ3n) is 8.39. The minimum absolute atomic E-state index is 0.00875. The first-order valence-corrected chi connectivity index (χ1v) is 23.2. The summed E-state index contributed by atoms with van der Waals surface area (Å²) in [5.74, 6) is -1.08. The summed E-state index contributed by atoms with van der Waals surface area (Å²) in [5, 5.41) is 10.3. The van der Waals surface area contributed by atoms with Gasteiger partial charge in [-0.2, -0.15) is 0 Å². The van der Waals surface area contributed by atoms with Gasteiger partial charge in [-0.15, -0.1) is 0 Å². The van der Waals surface area contributed by atoms with Crippen LogP contribution in [-0.4, -0.2) is 86.1 Å². The molecule has 0 radical (unpaired) electrons. The number of phosphoric acid groups is 1. The number of hydrogen-bond acceptors (Lipinski definition) is 8. The first-order chi connectivity index (χ1) is 28.4. The molecule has 0 aliphatic rings. The summed E-state index contributed by atoms with van der Waals surface area (Å²) in [4.78, 5) is 35.4. The van der Waals surface area contributed by atoms with Crippen molar-refractivity contribution in [2.75, 3.05) is 47.5 Å². The molecule has 10 nitrogen and oxygen atoms in total. The zero-order chi connectivity index (χ0) is 43.7. The summed E-state index contributed by atoms with van der Waals surface area (Å²) in [6, 6.07) is 0. The number of carbonyl (C=O) groups is 2. The summed E-state index contributed by atoms with van der Waals surface area (Å²) in [5.41, 5.74) is 0. The maximum Gasteiger partial charge on any atom is 0.472 e. The minimum Gasteiger partial charge on any atom is -0.462 e. The Bertz CT molecular complexity index is 1380. The molecule has 0 aromatic rings. The van der Waals surface area contributed by atoms with Gasteiger partial charge < -0.3 is 24.0 Å². The summed E-state index contributed by atoms with van der Waals surface area (Å²) in [7, 11) is 1.31. The molecule has 0 spiro atoms. The molecule has 334 valence electrons. The van der Waals surface area contributed by atoms with Crippen LogP contribution in [0.25, 0.3) is 0 Å². The molecule has 0 amide bonds. The van der Waals surface area contributed by atoms with Crippen LogP contribution in [0.2, 0.25) is 0 Å². The summed E-state index contributed by atoms with van der Waals surface area (Å²) in [6.45, 7) is 3.95. The van der Waals surface area contributed by atoms with E-state index in [0.717, 1.165) is 51.4 Å². The number of aliphatic hydroxyl groups excluding tert-OH is 1. The fourth-order valence-corrected chi connectivity index (χ4v) is 5.72. The van der Waals surface area contributed by atoms with E-state index >= 15 is 0 Å². The Kier molecular flexibility index (Phi) is 36.6. The van der Waals surface area contributed by atoms with Crippen molar-refractivity contribution in [3.8, 4) is 0 Å². The van der Waals surface area contributed by atoms with Crippen LogP contribution in [-0.2, 0) is 32.7 Å². The maximum absolute atomic E-state index is 12.7. The zero-order valence-electron chi connectivity index (χ0n) is 37.0. The Hall–Kier alpha value is -3.37. The van der Waals surface area contributed by atoms with Gasteiger partial charge in [-0.3, -0.25) is 18.6 Å². The number of likely N-dealkylation sites (N-methyl/N-ethyl adjacent to an activating group) is 1. The third kappa shape index (κ3) is 42.6. The molecule has 0 aliphatic carbocycles. The van der Waals surface area contributed by atoms with Gasteiger partial charge in [0.1, 0.15) is 19.8 Å². The molecular formula is C48H79NO9P+. The number of carbonyl (C=O) groups excluding carboxylic acids is 2. The number of aliphatic hydroxyl groups is 1. The Morgan fingerprint density at radius 2 is 1.15 bits per heavy atom. The van der Waals surface area contributed by atoms with Crippen LogP contribution < -0.4 is 0 Å². The van der Waals surface area contributed by atoms with Crippen molar-refractivity contribution in [3.05, 3.63) is 109 Å². The Morgan fingerprint density at radius 3 is 1.71 bits per heavy atom. The van der Waals surface area contributed by atoms with Gasteiger partial charge >= 0.3 is 19.8 Å². The molecule has 0 bridgehead atoms. The van der Waals surface area contributed by atoms with Gasteiger partial charge in [0, 0.05) is 12.8 Å². The topological polar surface area (TPSA) is 129 Å². The second-order valence-electron chi connectivity index (χ2n) is 15.2. The number of allylic oxidation sites excluding steroid dienone is 17. The van der Waals surface area contributed by atoms with Gasteiger partial charge in [0.15, 0.2) is 6.10 Å². The van der Waals surface area contributed by atoms with Crippen LogP contribution in [0.15, 0.2) is 109 Å². The number of hydrogen-bond donors (Lipinski definition) is 2. The highest BCUT2D eigenvalue weighted by Gasteiger charge is 2.27. The van der Waals surface area contributed by atoms with Crippen molar-refractivity contribution in [3.63, 3.8) is 0 Å². The highest BCUT2D eigenvalue weighted by atomic mass is 31.2. The number of esters is 2. The van der Waals surface area contributed by atoms with Crippen molar-refractivity contribution in [2.45, 2.75) is 135 Å². The fraction of sp³-hybridized carbons (Fsp3) is 0.583. The van der Waals surface area contributed by atoms with Gasteiger partial charge in [-0.1, -0.05) is 136 Å². The SMILES string of the molecule is CC/C=C\C/C=C\C/C=C\C/C=C\C=C\C(O)CCCC(=O)O[C@H](COC(=O)CCC/C=C\C/C=C\C/C=C\C/C=C\CCCCC)COP(=O)(O)OCC[N+](C)(C)C. The molecule has 0 aromatic heterocycles. The predicted molar refractivity (Wildman–Crippen MR) is 244 cm³/mol. The molecule has 0 rings (SSSR count). The Labute approximate surface area is 358 Å². The van der Waals surface area contributed by atoms with Gasteiger partial charge in [0.2, 0.25) is 0 Å². The van der Waals surface area contributed by atoms with Gasteiger partial charge in [-0.25, -0.2) is 4.57 Å². The summed E-state index contributed by atoms with van der Waals surface area (Å²) >= 11 is 0. The molecule has 0 saturated heterocycles. The minimum atomic E-state index is -4.45. The highest BCUT2D eigenvalue weighted by Crippen LogP contribution is 2.43. The second kappa shape index (κ2) is 38.8. The van der Waals surface area contributed by atoms with E-state index in [1.807, 2.05) is 39.4 Å². The molecule has 0 aliphatic heterocycles. The quantitative estimate of drug-likeness (QED) is 0.0157. The lowest BCUT2D eigenvalue weighted by Crippen LogP contribution is -2.37.